The number of amides is 2. The van der Waals surface area contributed by atoms with Crippen molar-refractivity contribution >= 4 is 33.5 Å². The number of rotatable bonds is 4. The number of primary amides is 1. The van der Waals surface area contributed by atoms with Crippen molar-refractivity contribution in [2.45, 2.75) is 5.92 Å². The lowest BCUT2D eigenvalue weighted by Gasteiger charge is -2.38. The lowest BCUT2D eigenvalue weighted by molar-refractivity contribution is -0.144. The molecule has 1 fully saturated rings. The Kier molecular flexibility index (Phi) is 3.13. The summed E-state index contributed by atoms with van der Waals surface area (Å²) in [5.41, 5.74) is 5.24. The Labute approximate surface area is 107 Å². The van der Waals surface area contributed by atoms with Crippen molar-refractivity contribution in [2.24, 2.45) is 11.7 Å². The van der Waals surface area contributed by atoms with E-state index in [1.165, 1.54) is 11.3 Å². The summed E-state index contributed by atoms with van der Waals surface area (Å²) in [5, 5.41) is 1.73. The smallest absolute Gasteiger partial charge is 0.362 e. The quantitative estimate of drug-likeness (QED) is 0.576. The summed E-state index contributed by atoms with van der Waals surface area (Å²) in [7, 11) is -4.54. The first-order valence-electron chi connectivity index (χ1n) is 4.94. The fourth-order valence-corrected chi connectivity index (χ4v) is 3.49. The van der Waals surface area contributed by atoms with E-state index in [4.69, 9.17) is 10.3 Å². The van der Waals surface area contributed by atoms with Crippen molar-refractivity contribution in [3.63, 3.8) is 0 Å². The molecule has 1 aliphatic rings. The Morgan fingerprint density at radius 3 is 2.67 bits per heavy atom. The molecule has 2 rings (SSSR count). The molecule has 98 valence electrons. The zero-order valence-corrected chi connectivity index (χ0v) is 10.6. The highest BCUT2D eigenvalue weighted by Gasteiger charge is 2.49. The van der Waals surface area contributed by atoms with E-state index >= 15 is 0 Å². The average molecular weight is 290 g/mol. The third-order valence-electron chi connectivity index (χ3n) is 2.76. The molecule has 18 heavy (non-hydrogen) atoms. The third-order valence-corrected chi connectivity index (χ3v) is 4.60. The fraction of sp³-hybridized carbons (Fsp3) is 0.333. The summed E-state index contributed by atoms with van der Waals surface area (Å²) in [4.78, 5) is 23.6. The molecule has 1 saturated heterocycles. The molecule has 2 unspecified atom stereocenters. The third kappa shape index (κ3) is 2.11. The lowest BCUT2D eigenvalue weighted by Crippen LogP contribution is -2.58. The molecule has 3 N–H and O–H groups in total. The van der Waals surface area contributed by atoms with Gasteiger partial charge in [0.1, 0.15) is 0 Å². The highest BCUT2D eigenvalue weighted by molar-refractivity contribution is 7.84. The summed E-state index contributed by atoms with van der Waals surface area (Å²) in [6.07, 6.45) is 0. The maximum atomic E-state index is 11.6. The van der Waals surface area contributed by atoms with Crippen molar-refractivity contribution in [1.29, 1.82) is 0 Å². The van der Waals surface area contributed by atoms with Crippen molar-refractivity contribution < 1.29 is 22.6 Å². The fourth-order valence-electron chi connectivity index (χ4n) is 1.88. The summed E-state index contributed by atoms with van der Waals surface area (Å²) >= 11 is 1.26. The summed E-state index contributed by atoms with van der Waals surface area (Å²) in [6, 6.07) is 3.36. The van der Waals surface area contributed by atoms with Crippen LogP contribution in [0.5, 0.6) is 0 Å². The van der Waals surface area contributed by atoms with Gasteiger partial charge in [-0.05, 0) is 11.4 Å². The van der Waals surface area contributed by atoms with Gasteiger partial charge >= 0.3 is 10.3 Å². The molecule has 0 aliphatic carbocycles. The molecule has 2 atom stereocenters. The van der Waals surface area contributed by atoms with Crippen LogP contribution in [0.25, 0.3) is 0 Å². The van der Waals surface area contributed by atoms with Gasteiger partial charge < -0.3 is 5.73 Å². The van der Waals surface area contributed by atoms with Crippen molar-refractivity contribution in [3.05, 3.63) is 22.4 Å². The van der Waals surface area contributed by atoms with Crippen molar-refractivity contribution in [1.82, 2.24) is 4.31 Å². The molecule has 1 aromatic heterocycles. The number of hydrogen-bond acceptors (Lipinski definition) is 5. The number of nitrogens with zero attached hydrogens (tertiary/aromatic N) is 1. The zero-order valence-electron chi connectivity index (χ0n) is 9.02. The maximum Gasteiger partial charge on any atom is 0.362 e. The van der Waals surface area contributed by atoms with Crippen LogP contribution in [0.2, 0.25) is 0 Å². The molecule has 2 amide bonds. The predicted molar refractivity (Wildman–Crippen MR) is 63.0 cm³/mol. The number of carbonyl (C=O) groups is 2. The molecule has 7 nitrogen and oxygen atoms in total. The highest BCUT2D eigenvalue weighted by Crippen LogP contribution is 2.36. The van der Waals surface area contributed by atoms with Crippen LogP contribution in [0, 0.1) is 5.92 Å². The summed E-state index contributed by atoms with van der Waals surface area (Å²) in [6.45, 7) is -0.233. The van der Waals surface area contributed by atoms with Crippen LogP contribution in [0.15, 0.2) is 17.5 Å². The number of carbonyl (C=O) groups excluding carboxylic acids is 2. The largest absolute Gasteiger partial charge is 0.369 e. The monoisotopic (exact) mass is 290 g/mol. The molecular formula is C9H10N2O5S2. The zero-order chi connectivity index (χ0) is 13.5. The standard InChI is InChI=1S/C9H10N2O5S2/c10-8(12)7(6-2-1-3-17-6)5-4-11(9(5)13)18(14,15)16/h1-3,5,7H,4H2,(H2,10,12)(H,14,15,16). The number of thiophene rings is 1. The second-order valence-electron chi connectivity index (χ2n) is 3.85. The Morgan fingerprint density at radius 2 is 2.28 bits per heavy atom. The first kappa shape index (κ1) is 13.0. The van der Waals surface area contributed by atoms with E-state index in [0.717, 1.165) is 0 Å². The van der Waals surface area contributed by atoms with E-state index in [2.05, 4.69) is 0 Å². The second kappa shape index (κ2) is 4.34. The van der Waals surface area contributed by atoms with Gasteiger partial charge in [0, 0.05) is 4.88 Å². The van der Waals surface area contributed by atoms with Crippen LogP contribution in [0.1, 0.15) is 10.8 Å². The van der Waals surface area contributed by atoms with Gasteiger partial charge in [-0.15, -0.1) is 11.3 Å². The molecule has 0 radical (unpaired) electrons. The summed E-state index contributed by atoms with van der Waals surface area (Å²) in [5.74, 6) is -3.18. The van der Waals surface area contributed by atoms with Crippen molar-refractivity contribution in [3.8, 4) is 0 Å². The summed E-state index contributed by atoms with van der Waals surface area (Å²) < 4.78 is 30.7. The Hall–Kier alpha value is -1.45. The topological polar surface area (TPSA) is 118 Å². The first-order valence-corrected chi connectivity index (χ1v) is 7.21. The van der Waals surface area contributed by atoms with E-state index in [1.807, 2.05) is 0 Å². The van der Waals surface area contributed by atoms with Gasteiger partial charge in [-0.1, -0.05) is 6.07 Å². The van der Waals surface area contributed by atoms with Crippen LogP contribution in [0.3, 0.4) is 0 Å². The molecule has 1 aliphatic heterocycles. The van der Waals surface area contributed by atoms with Crippen LogP contribution in [-0.2, 0) is 19.9 Å². The number of hydrogen-bond donors (Lipinski definition) is 2. The van der Waals surface area contributed by atoms with Crippen LogP contribution in [-0.4, -0.2) is 35.6 Å². The maximum absolute atomic E-state index is 11.6. The SMILES string of the molecule is NC(=O)C(c1cccs1)C1CN(S(=O)(=O)O)C1=O. The van der Waals surface area contributed by atoms with Gasteiger partial charge in [0.2, 0.25) is 11.8 Å². The Morgan fingerprint density at radius 1 is 1.61 bits per heavy atom. The molecule has 1 aromatic rings. The van der Waals surface area contributed by atoms with E-state index < -0.39 is 34.0 Å². The van der Waals surface area contributed by atoms with Crippen molar-refractivity contribution in [2.75, 3.05) is 6.54 Å². The van der Waals surface area contributed by atoms with E-state index in [-0.39, 0.29) is 6.54 Å². The molecule has 2 heterocycles. The Bertz CT molecular complexity index is 580. The van der Waals surface area contributed by atoms with E-state index in [9.17, 15) is 18.0 Å². The molecule has 9 heteroatoms. The van der Waals surface area contributed by atoms with Gasteiger partial charge in [-0.2, -0.15) is 8.42 Å². The van der Waals surface area contributed by atoms with E-state index in [0.29, 0.717) is 9.18 Å². The molecule has 0 saturated carbocycles. The minimum Gasteiger partial charge on any atom is -0.369 e. The number of nitrogens with two attached hydrogens (primary N) is 1. The lowest BCUT2D eigenvalue weighted by atomic mass is 9.85. The van der Waals surface area contributed by atoms with Gasteiger partial charge in [0.25, 0.3) is 0 Å². The van der Waals surface area contributed by atoms with Gasteiger partial charge in [0.05, 0.1) is 18.4 Å². The van der Waals surface area contributed by atoms with Crippen LogP contribution in [0.4, 0.5) is 0 Å². The van der Waals surface area contributed by atoms with E-state index in [1.54, 1.807) is 17.5 Å². The molecular weight excluding hydrogens is 280 g/mol. The van der Waals surface area contributed by atoms with Crippen LogP contribution >= 0.6 is 11.3 Å². The van der Waals surface area contributed by atoms with Gasteiger partial charge in [0.15, 0.2) is 0 Å². The number of β-lactam (4-membered cyclic amide) rings is 1. The first-order chi connectivity index (χ1) is 8.32. The molecule has 0 bridgehead atoms. The highest BCUT2D eigenvalue weighted by atomic mass is 32.2. The predicted octanol–water partition coefficient (Wildman–Crippen LogP) is -0.422. The van der Waals surface area contributed by atoms with Gasteiger partial charge in [-0.3, -0.25) is 14.1 Å². The molecule has 0 aromatic carbocycles. The van der Waals surface area contributed by atoms with Gasteiger partial charge in [-0.25, -0.2) is 4.31 Å². The van der Waals surface area contributed by atoms with Crippen LogP contribution < -0.4 is 5.73 Å². The normalized spacial score (nSPS) is 21.5. The average Bonchev–Trinajstić information content (AvgIpc) is 2.73. The minimum absolute atomic E-state index is 0.233. The molecule has 0 spiro atoms. The Balaban J connectivity index is 2.23. The second-order valence-corrected chi connectivity index (χ2v) is 6.16. The minimum atomic E-state index is -4.54.